The summed E-state index contributed by atoms with van der Waals surface area (Å²) in [6, 6.07) is 0. The molecule has 0 amide bonds. The summed E-state index contributed by atoms with van der Waals surface area (Å²) >= 11 is 0. The fraction of sp³-hybridized carbons (Fsp3) is 0.500. The van der Waals surface area contributed by atoms with Gasteiger partial charge in [-0.05, 0) is 37.8 Å². The molecule has 1 rings (SSSR count). The van der Waals surface area contributed by atoms with E-state index in [0.29, 0.717) is 0 Å². The highest BCUT2D eigenvalue weighted by molar-refractivity contribution is 5.44. The first-order chi connectivity index (χ1) is 11.7. The van der Waals surface area contributed by atoms with Crippen molar-refractivity contribution in [3.05, 3.63) is 72.9 Å². The van der Waals surface area contributed by atoms with E-state index < -0.39 is 0 Å². The van der Waals surface area contributed by atoms with Gasteiger partial charge < -0.3 is 0 Å². The first-order valence-electron chi connectivity index (χ1n) is 9.67. The van der Waals surface area contributed by atoms with Crippen LogP contribution in [0.15, 0.2) is 72.9 Å². The lowest BCUT2D eigenvalue weighted by atomic mass is 9.64. The van der Waals surface area contributed by atoms with Gasteiger partial charge in [0.2, 0.25) is 0 Å². The number of hydrogen-bond donors (Lipinski definition) is 0. The highest BCUT2D eigenvalue weighted by Crippen LogP contribution is 2.49. The van der Waals surface area contributed by atoms with Crippen LogP contribution in [0.2, 0.25) is 0 Å². The minimum Gasteiger partial charge on any atom is -0.0991 e. The van der Waals surface area contributed by atoms with E-state index >= 15 is 0 Å². The molecule has 0 aromatic rings. The molecule has 0 aromatic heterocycles. The molecule has 1 aliphatic carbocycles. The molecule has 0 nitrogen and oxygen atoms in total. The summed E-state index contributed by atoms with van der Waals surface area (Å²) in [5.41, 5.74) is 2.88. The van der Waals surface area contributed by atoms with Gasteiger partial charge in [-0.3, -0.25) is 0 Å². The van der Waals surface area contributed by atoms with E-state index in [9.17, 15) is 0 Å². The number of hydrogen-bond acceptors (Lipinski definition) is 0. The van der Waals surface area contributed by atoms with Crippen LogP contribution in [-0.2, 0) is 0 Å². The van der Waals surface area contributed by atoms with Crippen molar-refractivity contribution in [1.29, 1.82) is 0 Å². The van der Waals surface area contributed by atoms with E-state index in [0.717, 1.165) is 0 Å². The van der Waals surface area contributed by atoms with Crippen LogP contribution in [0.25, 0.3) is 0 Å². The molecule has 0 atom stereocenters. The number of allylic oxidation sites excluding steroid dienone is 10. The van der Waals surface area contributed by atoms with Crippen molar-refractivity contribution in [3.8, 4) is 0 Å². The van der Waals surface area contributed by atoms with Gasteiger partial charge in [0.25, 0.3) is 0 Å². The Morgan fingerprint density at radius 1 is 0.708 bits per heavy atom. The van der Waals surface area contributed by atoms with Crippen molar-refractivity contribution in [1.82, 2.24) is 0 Å². The van der Waals surface area contributed by atoms with Gasteiger partial charge in [-0.1, -0.05) is 109 Å². The van der Waals surface area contributed by atoms with Crippen LogP contribution in [0, 0.1) is 5.41 Å². The smallest absolute Gasteiger partial charge is 0.0202 e. The van der Waals surface area contributed by atoms with E-state index in [1.54, 1.807) is 0 Å². The number of rotatable bonds is 6. The Morgan fingerprint density at radius 3 is 1.38 bits per heavy atom. The van der Waals surface area contributed by atoms with Crippen LogP contribution in [0.3, 0.4) is 0 Å². The highest BCUT2D eigenvalue weighted by Gasteiger charge is 2.36. The minimum absolute atomic E-state index is 0.125. The molecule has 0 aliphatic heterocycles. The first-order valence-corrected chi connectivity index (χ1v) is 9.67. The molecule has 0 aromatic carbocycles. The second-order valence-corrected chi connectivity index (χ2v) is 5.36. The van der Waals surface area contributed by atoms with Crippen molar-refractivity contribution in [2.75, 3.05) is 0 Å². The second-order valence-electron chi connectivity index (χ2n) is 5.36. The van der Waals surface area contributed by atoms with Gasteiger partial charge in [-0.25, -0.2) is 0 Å². The molecule has 1 aliphatic rings. The zero-order valence-corrected chi connectivity index (χ0v) is 17.1. The Balaban J connectivity index is 0. The summed E-state index contributed by atoms with van der Waals surface area (Å²) in [5.74, 6) is 0. The van der Waals surface area contributed by atoms with E-state index in [1.807, 2.05) is 39.8 Å². The van der Waals surface area contributed by atoms with Gasteiger partial charge in [0.1, 0.15) is 0 Å². The van der Waals surface area contributed by atoms with Crippen LogP contribution < -0.4 is 0 Å². The average Bonchev–Trinajstić information content (AvgIpc) is 2.65. The quantitative estimate of drug-likeness (QED) is 0.429. The fourth-order valence-corrected chi connectivity index (χ4v) is 3.26. The Hall–Kier alpha value is -1.56. The maximum Gasteiger partial charge on any atom is 0.0202 e. The van der Waals surface area contributed by atoms with Crippen LogP contribution in [0.1, 0.15) is 73.6 Å². The topological polar surface area (TPSA) is 0 Å². The predicted molar refractivity (Wildman–Crippen MR) is 114 cm³/mol. The fourth-order valence-electron chi connectivity index (χ4n) is 3.26. The molecular weight excluding hydrogens is 288 g/mol. The van der Waals surface area contributed by atoms with Gasteiger partial charge in [0.15, 0.2) is 0 Å². The molecule has 0 bridgehead atoms. The largest absolute Gasteiger partial charge is 0.0991 e. The second kappa shape index (κ2) is 16.3. The molecule has 0 heteroatoms. The Labute approximate surface area is 152 Å². The van der Waals surface area contributed by atoms with Gasteiger partial charge in [-0.2, -0.15) is 0 Å². The molecule has 0 N–H and O–H groups in total. The molecular formula is C24H40. The molecule has 1 fully saturated rings. The van der Waals surface area contributed by atoms with E-state index in [4.69, 9.17) is 0 Å². The Kier molecular flexibility index (Phi) is 16.8. The lowest BCUT2D eigenvalue weighted by Crippen LogP contribution is -2.28. The third-order valence-electron chi connectivity index (χ3n) is 4.10. The normalized spacial score (nSPS) is 17.6. The molecule has 24 heavy (non-hydrogen) atoms. The summed E-state index contributed by atoms with van der Waals surface area (Å²) in [6.07, 6.45) is 23.3. The third-order valence-corrected chi connectivity index (χ3v) is 4.10. The maximum atomic E-state index is 3.89. The standard InChI is InChI=1S/C20H28.2C2H6/c1-5-12-18(13-6-2)20(16-10-9-11-17-20)19(14-7-3)15-8-4;2*1-2/h5-8,12-15H,1,3,9-11,16-17H2,2,4H3;2*1-2H3/b13-6-,15-8-,18-12+,19-14+;;. The minimum atomic E-state index is 0.125. The summed E-state index contributed by atoms with van der Waals surface area (Å²) in [4.78, 5) is 0. The van der Waals surface area contributed by atoms with Crippen LogP contribution >= 0.6 is 0 Å². The zero-order valence-electron chi connectivity index (χ0n) is 17.1. The zero-order chi connectivity index (χ0) is 18.8. The van der Waals surface area contributed by atoms with Crippen LogP contribution in [-0.4, -0.2) is 0 Å². The van der Waals surface area contributed by atoms with E-state index in [1.165, 1.54) is 43.3 Å². The average molecular weight is 329 g/mol. The Bertz CT molecular complexity index is 399. The molecule has 0 radical (unpaired) electrons. The van der Waals surface area contributed by atoms with Gasteiger partial charge >= 0.3 is 0 Å². The molecule has 1 saturated carbocycles. The SMILES string of the molecule is C=C/C=C(\C=C/C)C1(C(/C=C\C)=C/C=C)CCCCC1.CC.CC. The lowest BCUT2D eigenvalue weighted by Gasteiger charge is -2.40. The van der Waals surface area contributed by atoms with E-state index in [-0.39, 0.29) is 5.41 Å². The van der Waals surface area contributed by atoms with Gasteiger partial charge in [0, 0.05) is 5.41 Å². The van der Waals surface area contributed by atoms with Crippen molar-refractivity contribution >= 4 is 0 Å². The van der Waals surface area contributed by atoms with Crippen molar-refractivity contribution in [2.45, 2.75) is 73.6 Å². The molecule has 0 saturated heterocycles. The summed E-state index contributed by atoms with van der Waals surface area (Å²) < 4.78 is 0. The van der Waals surface area contributed by atoms with E-state index in [2.05, 4.69) is 63.5 Å². The lowest BCUT2D eigenvalue weighted by molar-refractivity contribution is 0.300. The molecule has 0 spiro atoms. The van der Waals surface area contributed by atoms with Crippen molar-refractivity contribution in [3.63, 3.8) is 0 Å². The monoisotopic (exact) mass is 328 g/mol. The van der Waals surface area contributed by atoms with Crippen LogP contribution in [0.5, 0.6) is 0 Å². The summed E-state index contributed by atoms with van der Waals surface area (Å²) in [5, 5.41) is 0. The highest BCUT2D eigenvalue weighted by atomic mass is 14.4. The van der Waals surface area contributed by atoms with Crippen molar-refractivity contribution < 1.29 is 0 Å². The predicted octanol–water partition coefficient (Wildman–Crippen LogP) is 8.37. The summed E-state index contributed by atoms with van der Waals surface area (Å²) in [6.45, 7) is 20.0. The summed E-state index contributed by atoms with van der Waals surface area (Å²) in [7, 11) is 0. The third kappa shape index (κ3) is 7.34. The van der Waals surface area contributed by atoms with Crippen molar-refractivity contribution in [2.24, 2.45) is 5.41 Å². The first kappa shape index (κ1) is 24.7. The van der Waals surface area contributed by atoms with Gasteiger partial charge in [0.05, 0.1) is 0 Å². The van der Waals surface area contributed by atoms with Gasteiger partial charge in [-0.15, -0.1) is 0 Å². The molecule has 0 unspecified atom stereocenters. The maximum absolute atomic E-state index is 3.89. The molecule has 136 valence electrons. The molecule has 0 heterocycles. The van der Waals surface area contributed by atoms with Crippen LogP contribution in [0.4, 0.5) is 0 Å². The Morgan fingerprint density at radius 2 is 1.08 bits per heavy atom.